The second-order valence-electron chi connectivity index (χ2n) is 5.25. The summed E-state index contributed by atoms with van der Waals surface area (Å²) in [4.78, 5) is 11.9. The van der Waals surface area contributed by atoms with E-state index >= 15 is 0 Å². The molecular formula is C15H22N2O. The first-order valence-electron chi connectivity index (χ1n) is 6.70. The van der Waals surface area contributed by atoms with Crippen molar-refractivity contribution in [1.82, 2.24) is 10.6 Å². The Bertz CT molecular complexity index is 426. The summed E-state index contributed by atoms with van der Waals surface area (Å²) in [6.45, 7) is 6.12. The summed E-state index contributed by atoms with van der Waals surface area (Å²) in [6.07, 6.45) is 2.26. The van der Waals surface area contributed by atoms with E-state index in [-0.39, 0.29) is 18.0 Å². The Morgan fingerprint density at radius 1 is 1.28 bits per heavy atom. The van der Waals surface area contributed by atoms with Gasteiger partial charge in [-0.2, -0.15) is 0 Å². The molecule has 0 bridgehead atoms. The van der Waals surface area contributed by atoms with Crippen LogP contribution in [-0.2, 0) is 4.79 Å². The molecule has 1 aromatic rings. The van der Waals surface area contributed by atoms with Gasteiger partial charge in [0.2, 0.25) is 5.91 Å². The Balaban J connectivity index is 1.91. The van der Waals surface area contributed by atoms with Crippen LogP contribution in [0.1, 0.15) is 43.9 Å². The lowest BCUT2D eigenvalue weighted by molar-refractivity contribution is -0.123. The van der Waals surface area contributed by atoms with Gasteiger partial charge in [-0.1, -0.05) is 24.3 Å². The molecule has 2 N–H and O–H groups in total. The highest BCUT2D eigenvalue weighted by molar-refractivity contribution is 5.81. The van der Waals surface area contributed by atoms with Gasteiger partial charge in [0, 0.05) is 12.1 Å². The molecule has 18 heavy (non-hydrogen) atoms. The number of carbonyl (C=O) groups is 1. The Morgan fingerprint density at radius 3 is 2.56 bits per heavy atom. The molecule has 0 spiro atoms. The van der Waals surface area contributed by atoms with E-state index in [1.807, 2.05) is 19.1 Å². The fourth-order valence-corrected chi connectivity index (χ4v) is 2.17. The molecule has 3 nitrogen and oxygen atoms in total. The second-order valence-corrected chi connectivity index (χ2v) is 5.25. The topological polar surface area (TPSA) is 41.1 Å². The SMILES string of the molecule is Cc1ccccc1[C@@H](C)NC(C)C(=O)NC1CC1. The highest BCUT2D eigenvalue weighted by Gasteiger charge is 2.26. The molecule has 1 amide bonds. The predicted octanol–water partition coefficient (Wildman–Crippen LogP) is 2.31. The zero-order valence-corrected chi connectivity index (χ0v) is 11.4. The number of aryl methyl sites for hydroxylation is 1. The Kier molecular flexibility index (Phi) is 4.02. The van der Waals surface area contributed by atoms with Crippen molar-refractivity contribution in [2.24, 2.45) is 0 Å². The van der Waals surface area contributed by atoms with Gasteiger partial charge in [-0.3, -0.25) is 10.1 Å². The molecule has 0 heterocycles. The minimum absolute atomic E-state index is 0.109. The van der Waals surface area contributed by atoms with Gasteiger partial charge < -0.3 is 5.32 Å². The molecule has 0 aromatic heterocycles. The van der Waals surface area contributed by atoms with E-state index in [2.05, 4.69) is 36.6 Å². The third kappa shape index (κ3) is 3.33. The molecule has 1 unspecified atom stereocenters. The van der Waals surface area contributed by atoms with E-state index < -0.39 is 0 Å². The smallest absolute Gasteiger partial charge is 0.237 e. The number of hydrogen-bond acceptors (Lipinski definition) is 2. The van der Waals surface area contributed by atoms with Crippen LogP contribution in [0, 0.1) is 6.92 Å². The van der Waals surface area contributed by atoms with E-state index in [1.54, 1.807) is 0 Å². The van der Waals surface area contributed by atoms with Crippen molar-refractivity contribution < 1.29 is 4.79 Å². The number of rotatable bonds is 5. The van der Waals surface area contributed by atoms with E-state index in [0.717, 1.165) is 12.8 Å². The van der Waals surface area contributed by atoms with Gasteiger partial charge in [0.05, 0.1) is 6.04 Å². The normalized spacial score (nSPS) is 18.2. The molecule has 0 radical (unpaired) electrons. The average Bonchev–Trinajstić information content (AvgIpc) is 3.13. The van der Waals surface area contributed by atoms with Crippen LogP contribution in [0.2, 0.25) is 0 Å². The molecule has 1 aliphatic carbocycles. The van der Waals surface area contributed by atoms with Gasteiger partial charge in [0.1, 0.15) is 0 Å². The molecule has 1 aliphatic rings. The first-order chi connectivity index (χ1) is 8.58. The third-order valence-electron chi connectivity index (χ3n) is 3.47. The summed E-state index contributed by atoms with van der Waals surface area (Å²) >= 11 is 0. The second kappa shape index (κ2) is 5.53. The number of benzene rings is 1. The fraction of sp³-hybridized carbons (Fsp3) is 0.533. The molecule has 98 valence electrons. The molecule has 1 aromatic carbocycles. The van der Waals surface area contributed by atoms with Gasteiger partial charge in [0.25, 0.3) is 0 Å². The minimum atomic E-state index is -0.153. The van der Waals surface area contributed by atoms with Crippen molar-refractivity contribution in [2.45, 2.75) is 51.7 Å². The standard InChI is InChI=1S/C15H22N2O/c1-10-6-4-5-7-14(10)11(2)16-12(3)15(18)17-13-8-9-13/h4-7,11-13,16H,8-9H2,1-3H3,(H,17,18)/t11-,12?/m1/s1. The lowest BCUT2D eigenvalue weighted by Crippen LogP contribution is -2.43. The van der Waals surface area contributed by atoms with Crippen LogP contribution in [0.3, 0.4) is 0 Å². The van der Waals surface area contributed by atoms with Crippen LogP contribution in [0.5, 0.6) is 0 Å². The number of hydrogen-bond donors (Lipinski definition) is 2. The van der Waals surface area contributed by atoms with Crippen LogP contribution < -0.4 is 10.6 Å². The maximum absolute atomic E-state index is 11.9. The lowest BCUT2D eigenvalue weighted by Gasteiger charge is -2.21. The van der Waals surface area contributed by atoms with E-state index in [9.17, 15) is 4.79 Å². The van der Waals surface area contributed by atoms with Crippen LogP contribution >= 0.6 is 0 Å². The van der Waals surface area contributed by atoms with Gasteiger partial charge in [-0.25, -0.2) is 0 Å². The van der Waals surface area contributed by atoms with Gasteiger partial charge >= 0.3 is 0 Å². The van der Waals surface area contributed by atoms with Crippen LogP contribution in [0.15, 0.2) is 24.3 Å². The molecule has 3 heteroatoms. The minimum Gasteiger partial charge on any atom is -0.352 e. The average molecular weight is 246 g/mol. The van der Waals surface area contributed by atoms with Gasteiger partial charge in [0.15, 0.2) is 0 Å². The van der Waals surface area contributed by atoms with Crippen LogP contribution in [-0.4, -0.2) is 18.0 Å². The molecule has 0 aliphatic heterocycles. The first-order valence-corrected chi connectivity index (χ1v) is 6.70. The third-order valence-corrected chi connectivity index (χ3v) is 3.47. The highest BCUT2D eigenvalue weighted by Crippen LogP contribution is 2.20. The quantitative estimate of drug-likeness (QED) is 0.837. The summed E-state index contributed by atoms with van der Waals surface area (Å²) in [5.41, 5.74) is 2.51. The first kappa shape index (κ1) is 13.1. The maximum Gasteiger partial charge on any atom is 0.237 e. The molecule has 0 saturated heterocycles. The van der Waals surface area contributed by atoms with Crippen molar-refractivity contribution in [3.63, 3.8) is 0 Å². The summed E-state index contributed by atoms with van der Waals surface area (Å²) < 4.78 is 0. The van der Waals surface area contributed by atoms with Crippen LogP contribution in [0.4, 0.5) is 0 Å². The monoisotopic (exact) mass is 246 g/mol. The predicted molar refractivity (Wildman–Crippen MR) is 73.4 cm³/mol. The lowest BCUT2D eigenvalue weighted by atomic mass is 10.0. The molecule has 1 fully saturated rings. The van der Waals surface area contributed by atoms with Crippen molar-refractivity contribution in [3.8, 4) is 0 Å². The number of carbonyl (C=O) groups excluding carboxylic acids is 1. The Labute approximate surface area is 109 Å². The van der Waals surface area contributed by atoms with Gasteiger partial charge in [-0.05, 0) is 44.7 Å². The summed E-state index contributed by atoms with van der Waals surface area (Å²) in [6, 6.07) is 8.74. The van der Waals surface area contributed by atoms with Crippen molar-refractivity contribution in [3.05, 3.63) is 35.4 Å². The van der Waals surface area contributed by atoms with Crippen molar-refractivity contribution >= 4 is 5.91 Å². The van der Waals surface area contributed by atoms with Crippen molar-refractivity contribution in [2.75, 3.05) is 0 Å². The number of amides is 1. The fourth-order valence-electron chi connectivity index (χ4n) is 2.17. The highest BCUT2D eigenvalue weighted by atomic mass is 16.2. The zero-order chi connectivity index (χ0) is 13.1. The van der Waals surface area contributed by atoms with Crippen molar-refractivity contribution in [1.29, 1.82) is 0 Å². The zero-order valence-electron chi connectivity index (χ0n) is 11.4. The van der Waals surface area contributed by atoms with E-state index in [0.29, 0.717) is 6.04 Å². The largest absolute Gasteiger partial charge is 0.352 e. The summed E-state index contributed by atoms with van der Waals surface area (Å²) in [5, 5.41) is 6.38. The Morgan fingerprint density at radius 2 is 1.94 bits per heavy atom. The summed E-state index contributed by atoms with van der Waals surface area (Å²) in [7, 11) is 0. The molecular weight excluding hydrogens is 224 g/mol. The number of nitrogens with one attached hydrogen (secondary N) is 2. The maximum atomic E-state index is 11.9. The molecule has 2 atom stereocenters. The van der Waals surface area contributed by atoms with E-state index in [1.165, 1.54) is 11.1 Å². The molecule has 1 saturated carbocycles. The van der Waals surface area contributed by atoms with Gasteiger partial charge in [-0.15, -0.1) is 0 Å². The summed E-state index contributed by atoms with van der Waals surface area (Å²) in [5.74, 6) is 0.109. The van der Waals surface area contributed by atoms with Crippen LogP contribution in [0.25, 0.3) is 0 Å². The molecule has 2 rings (SSSR count). The Hall–Kier alpha value is -1.35. The van der Waals surface area contributed by atoms with E-state index in [4.69, 9.17) is 0 Å².